The molecular formula is C23H17N2O4-. The van der Waals surface area contributed by atoms with Gasteiger partial charge in [-0.15, -0.1) is 0 Å². The van der Waals surface area contributed by atoms with Crippen molar-refractivity contribution in [2.24, 2.45) is 0 Å². The minimum absolute atomic E-state index is 0.0175. The Morgan fingerprint density at radius 2 is 1.38 bits per heavy atom. The van der Waals surface area contributed by atoms with Gasteiger partial charge in [0.1, 0.15) is 5.70 Å². The van der Waals surface area contributed by atoms with Crippen LogP contribution >= 0.6 is 0 Å². The van der Waals surface area contributed by atoms with E-state index in [1.54, 1.807) is 54.6 Å². The number of aromatic carboxylic acids is 1. The largest absolute Gasteiger partial charge is 0.545 e. The SMILES string of the molecule is O=C(Nc1cccc(C(=O)[O-])c1)/C(=C/c1ccccc1)NC(=O)c1ccccc1. The van der Waals surface area contributed by atoms with E-state index in [0.29, 0.717) is 5.56 Å². The van der Waals surface area contributed by atoms with Crippen molar-refractivity contribution in [1.82, 2.24) is 5.32 Å². The molecular weight excluding hydrogens is 368 g/mol. The molecule has 0 aromatic heterocycles. The van der Waals surface area contributed by atoms with E-state index < -0.39 is 17.8 Å². The first-order valence-corrected chi connectivity index (χ1v) is 8.79. The molecule has 2 amide bonds. The predicted molar refractivity (Wildman–Crippen MR) is 108 cm³/mol. The average Bonchev–Trinajstić information content (AvgIpc) is 2.74. The van der Waals surface area contributed by atoms with Crippen LogP contribution in [0.2, 0.25) is 0 Å². The van der Waals surface area contributed by atoms with E-state index in [0.717, 1.165) is 5.56 Å². The number of hydrogen-bond donors (Lipinski definition) is 2. The molecule has 2 N–H and O–H groups in total. The van der Waals surface area contributed by atoms with Gasteiger partial charge >= 0.3 is 0 Å². The summed E-state index contributed by atoms with van der Waals surface area (Å²) in [5, 5.41) is 16.2. The number of nitrogens with one attached hydrogen (secondary N) is 2. The van der Waals surface area contributed by atoms with Crippen LogP contribution in [0.5, 0.6) is 0 Å². The molecule has 0 unspecified atom stereocenters. The Morgan fingerprint density at radius 1 is 0.759 bits per heavy atom. The van der Waals surface area contributed by atoms with Crippen molar-refractivity contribution >= 4 is 29.5 Å². The van der Waals surface area contributed by atoms with Crippen LogP contribution in [0.4, 0.5) is 5.69 Å². The van der Waals surface area contributed by atoms with Crippen LogP contribution in [0.15, 0.2) is 90.6 Å². The Balaban J connectivity index is 1.87. The Bertz CT molecular complexity index is 1060. The van der Waals surface area contributed by atoms with Crippen molar-refractivity contribution in [2.45, 2.75) is 0 Å². The van der Waals surface area contributed by atoms with Crippen LogP contribution in [0, 0.1) is 0 Å². The first-order valence-electron chi connectivity index (χ1n) is 8.79. The molecule has 3 rings (SSSR count). The first-order chi connectivity index (χ1) is 14.0. The summed E-state index contributed by atoms with van der Waals surface area (Å²) in [6, 6.07) is 23.2. The zero-order chi connectivity index (χ0) is 20.6. The topological polar surface area (TPSA) is 98.3 Å². The number of amides is 2. The summed E-state index contributed by atoms with van der Waals surface area (Å²) in [5.41, 5.74) is 1.34. The first kappa shape index (κ1) is 19.6. The molecule has 6 heteroatoms. The van der Waals surface area contributed by atoms with Crippen molar-refractivity contribution in [1.29, 1.82) is 0 Å². The lowest BCUT2D eigenvalue weighted by atomic mass is 10.1. The monoisotopic (exact) mass is 385 g/mol. The van der Waals surface area contributed by atoms with Crippen molar-refractivity contribution in [3.05, 3.63) is 107 Å². The molecule has 0 aliphatic carbocycles. The summed E-state index contributed by atoms with van der Waals surface area (Å²) in [6.07, 6.45) is 1.54. The Morgan fingerprint density at radius 3 is 2.03 bits per heavy atom. The maximum atomic E-state index is 12.8. The van der Waals surface area contributed by atoms with Gasteiger partial charge in [0.05, 0.1) is 5.97 Å². The number of carboxylic acid groups (broad SMARTS) is 1. The van der Waals surface area contributed by atoms with Gasteiger partial charge < -0.3 is 20.5 Å². The van der Waals surface area contributed by atoms with Crippen molar-refractivity contribution in [2.75, 3.05) is 5.32 Å². The highest BCUT2D eigenvalue weighted by Gasteiger charge is 2.15. The molecule has 29 heavy (non-hydrogen) atoms. The smallest absolute Gasteiger partial charge is 0.272 e. The number of hydrogen-bond acceptors (Lipinski definition) is 4. The number of carbonyl (C=O) groups is 3. The van der Waals surface area contributed by atoms with Gasteiger partial charge in [0, 0.05) is 11.3 Å². The molecule has 0 spiro atoms. The molecule has 6 nitrogen and oxygen atoms in total. The quantitative estimate of drug-likeness (QED) is 0.637. The van der Waals surface area contributed by atoms with Gasteiger partial charge in [0.25, 0.3) is 11.8 Å². The second-order valence-electron chi connectivity index (χ2n) is 6.11. The molecule has 0 saturated carbocycles. The highest BCUT2D eigenvalue weighted by molar-refractivity contribution is 6.10. The highest BCUT2D eigenvalue weighted by Crippen LogP contribution is 2.13. The normalized spacial score (nSPS) is 10.8. The van der Waals surface area contributed by atoms with Crippen molar-refractivity contribution in [3.63, 3.8) is 0 Å². The minimum atomic E-state index is -1.35. The second kappa shape index (κ2) is 9.14. The molecule has 0 saturated heterocycles. The van der Waals surface area contributed by atoms with Gasteiger partial charge in [-0.05, 0) is 41.5 Å². The van der Waals surface area contributed by atoms with E-state index in [2.05, 4.69) is 10.6 Å². The van der Waals surface area contributed by atoms with Gasteiger partial charge in [-0.3, -0.25) is 9.59 Å². The van der Waals surface area contributed by atoms with Gasteiger partial charge in [0.2, 0.25) is 0 Å². The van der Waals surface area contributed by atoms with E-state index in [9.17, 15) is 19.5 Å². The van der Waals surface area contributed by atoms with E-state index >= 15 is 0 Å². The lowest BCUT2D eigenvalue weighted by molar-refractivity contribution is -0.255. The summed E-state index contributed by atoms with van der Waals surface area (Å²) in [4.78, 5) is 36.4. The molecule has 0 aliphatic rings. The van der Waals surface area contributed by atoms with Crippen molar-refractivity contribution < 1.29 is 19.5 Å². The third kappa shape index (κ3) is 5.40. The van der Waals surface area contributed by atoms with E-state index in [1.807, 2.05) is 18.2 Å². The maximum absolute atomic E-state index is 12.8. The van der Waals surface area contributed by atoms with Crippen LogP contribution in [-0.2, 0) is 4.79 Å². The lowest BCUT2D eigenvalue weighted by Gasteiger charge is -2.12. The minimum Gasteiger partial charge on any atom is -0.545 e. The third-order valence-electron chi connectivity index (χ3n) is 4.00. The fourth-order valence-corrected chi connectivity index (χ4v) is 2.58. The van der Waals surface area contributed by atoms with Gasteiger partial charge in [-0.2, -0.15) is 0 Å². The van der Waals surface area contributed by atoms with Gasteiger partial charge in [0.15, 0.2) is 0 Å². The molecule has 0 aliphatic heterocycles. The molecule has 0 bridgehead atoms. The van der Waals surface area contributed by atoms with Crippen LogP contribution in [0.3, 0.4) is 0 Å². The summed E-state index contributed by atoms with van der Waals surface area (Å²) in [5.74, 6) is -2.38. The highest BCUT2D eigenvalue weighted by atomic mass is 16.4. The number of benzene rings is 3. The zero-order valence-corrected chi connectivity index (χ0v) is 15.3. The number of carboxylic acids is 1. The summed E-state index contributed by atoms with van der Waals surface area (Å²) in [6.45, 7) is 0. The molecule has 0 heterocycles. The summed E-state index contributed by atoms with van der Waals surface area (Å²) >= 11 is 0. The van der Waals surface area contributed by atoms with E-state index in [-0.39, 0.29) is 16.9 Å². The van der Waals surface area contributed by atoms with Crippen LogP contribution in [0.25, 0.3) is 6.08 Å². The Labute approximate surface area is 167 Å². The van der Waals surface area contributed by atoms with E-state index in [4.69, 9.17) is 0 Å². The Kier molecular flexibility index (Phi) is 6.17. The average molecular weight is 385 g/mol. The second-order valence-corrected chi connectivity index (χ2v) is 6.11. The molecule has 144 valence electrons. The number of anilines is 1. The van der Waals surface area contributed by atoms with E-state index in [1.165, 1.54) is 18.2 Å². The van der Waals surface area contributed by atoms with Gasteiger partial charge in [-0.25, -0.2) is 0 Å². The Hall–Kier alpha value is -4.19. The molecule has 3 aromatic carbocycles. The molecule has 0 radical (unpaired) electrons. The maximum Gasteiger partial charge on any atom is 0.272 e. The number of carbonyl (C=O) groups excluding carboxylic acids is 3. The van der Waals surface area contributed by atoms with Gasteiger partial charge in [-0.1, -0.05) is 60.7 Å². The summed E-state index contributed by atoms with van der Waals surface area (Å²) < 4.78 is 0. The standard InChI is InChI=1S/C23H18N2O4/c26-21(17-10-5-2-6-11-17)25-20(14-16-8-3-1-4-9-16)22(27)24-19-13-7-12-18(15-19)23(28)29/h1-15H,(H,24,27)(H,25,26)(H,28,29)/p-1/b20-14-. The lowest BCUT2D eigenvalue weighted by Crippen LogP contribution is -2.30. The van der Waals surface area contributed by atoms with Crippen LogP contribution in [0.1, 0.15) is 26.3 Å². The molecule has 3 aromatic rings. The predicted octanol–water partition coefficient (Wildman–Crippen LogP) is 2.46. The fourth-order valence-electron chi connectivity index (χ4n) is 2.58. The fraction of sp³-hybridized carbons (Fsp3) is 0. The van der Waals surface area contributed by atoms with Crippen LogP contribution in [-0.4, -0.2) is 17.8 Å². The van der Waals surface area contributed by atoms with Crippen molar-refractivity contribution in [3.8, 4) is 0 Å². The summed E-state index contributed by atoms with van der Waals surface area (Å²) in [7, 11) is 0. The molecule has 0 fully saturated rings. The number of rotatable bonds is 6. The zero-order valence-electron chi connectivity index (χ0n) is 15.3. The third-order valence-corrected chi connectivity index (χ3v) is 4.00. The van der Waals surface area contributed by atoms with Crippen LogP contribution < -0.4 is 15.7 Å². The molecule has 0 atom stereocenters.